The van der Waals surface area contributed by atoms with Crippen LogP contribution in [0.1, 0.15) is 23.7 Å². The van der Waals surface area contributed by atoms with Crippen LogP contribution in [-0.2, 0) is 4.74 Å². The first-order chi connectivity index (χ1) is 8.15. The summed E-state index contributed by atoms with van der Waals surface area (Å²) >= 11 is 0. The molecule has 0 aliphatic carbocycles. The lowest BCUT2D eigenvalue weighted by Gasteiger charge is -2.15. The van der Waals surface area contributed by atoms with E-state index in [1.807, 2.05) is 13.0 Å². The lowest BCUT2D eigenvalue weighted by atomic mass is 10.1. The van der Waals surface area contributed by atoms with Crippen LogP contribution in [0, 0.1) is 0 Å². The third-order valence-corrected chi connectivity index (χ3v) is 2.29. The van der Waals surface area contributed by atoms with E-state index < -0.39 is 6.09 Å². The highest BCUT2D eigenvalue weighted by molar-refractivity contribution is 5.97. The van der Waals surface area contributed by atoms with Gasteiger partial charge in [-0.1, -0.05) is 37.3 Å². The van der Waals surface area contributed by atoms with E-state index in [1.165, 1.54) is 4.90 Å². The van der Waals surface area contributed by atoms with E-state index in [4.69, 9.17) is 4.74 Å². The maximum Gasteiger partial charge on any atom is 0.409 e. The molecule has 1 aromatic rings. The molecule has 0 fully saturated rings. The molecular weight excluding hydrogens is 218 g/mol. The van der Waals surface area contributed by atoms with Gasteiger partial charge < -0.3 is 9.64 Å². The molecule has 0 aliphatic rings. The highest BCUT2D eigenvalue weighted by Gasteiger charge is 2.12. The number of hydrogen-bond donors (Lipinski definition) is 0. The third-order valence-electron chi connectivity index (χ3n) is 2.29. The molecule has 1 aromatic carbocycles. The van der Waals surface area contributed by atoms with Crippen LogP contribution in [0.15, 0.2) is 30.3 Å². The van der Waals surface area contributed by atoms with Gasteiger partial charge in [0.1, 0.15) is 0 Å². The Balaban J connectivity index is 2.41. The molecule has 0 atom stereocenters. The molecule has 0 radical (unpaired) electrons. The predicted molar refractivity (Wildman–Crippen MR) is 65.0 cm³/mol. The van der Waals surface area contributed by atoms with E-state index in [2.05, 4.69) is 0 Å². The van der Waals surface area contributed by atoms with E-state index in [1.54, 1.807) is 31.3 Å². The van der Waals surface area contributed by atoms with Crippen molar-refractivity contribution in [3.8, 4) is 0 Å². The van der Waals surface area contributed by atoms with Gasteiger partial charge >= 0.3 is 6.09 Å². The molecule has 0 saturated carbocycles. The number of carbonyl (C=O) groups is 2. The zero-order chi connectivity index (χ0) is 12.7. The molecule has 0 heterocycles. The minimum absolute atomic E-state index is 0.191. The molecule has 1 rings (SSSR count). The van der Waals surface area contributed by atoms with Gasteiger partial charge in [-0.3, -0.25) is 4.79 Å². The molecular formula is C13H17NO3. The summed E-state index contributed by atoms with van der Waals surface area (Å²) in [5.74, 6) is -0.191. The van der Waals surface area contributed by atoms with Crippen LogP contribution in [0.3, 0.4) is 0 Å². The number of ketones is 1. The first kappa shape index (κ1) is 13.2. The Labute approximate surface area is 101 Å². The van der Waals surface area contributed by atoms with Crippen molar-refractivity contribution in [2.24, 2.45) is 0 Å². The Morgan fingerprint density at radius 3 is 2.47 bits per heavy atom. The molecule has 0 spiro atoms. The van der Waals surface area contributed by atoms with Crippen LogP contribution in [0.25, 0.3) is 0 Å². The zero-order valence-corrected chi connectivity index (χ0v) is 10.2. The second kappa shape index (κ2) is 6.68. The average Bonchev–Trinajstić information content (AvgIpc) is 2.36. The summed E-state index contributed by atoms with van der Waals surface area (Å²) in [4.78, 5) is 24.5. The molecule has 0 N–H and O–H groups in total. The number of ether oxygens (including phenoxy) is 1. The summed E-state index contributed by atoms with van der Waals surface area (Å²) in [5.41, 5.74) is 0.554. The standard InChI is InChI=1S/C13H17NO3/c1-3-9-14(2)13(16)17-10-12(15)11-7-5-4-6-8-11/h4-8H,3,9-10H2,1-2H3. The lowest BCUT2D eigenvalue weighted by Crippen LogP contribution is -2.29. The fraction of sp³-hybridized carbons (Fsp3) is 0.385. The first-order valence-electron chi connectivity index (χ1n) is 5.61. The number of amides is 1. The monoisotopic (exact) mass is 235 g/mol. The molecule has 17 heavy (non-hydrogen) atoms. The highest BCUT2D eigenvalue weighted by Crippen LogP contribution is 2.01. The van der Waals surface area contributed by atoms with Gasteiger partial charge in [0.05, 0.1) is 0 Å². The Morgan fingerprint density at radius 1 is 1.24 bits per heavy atom. The average molecular weight is 235 g/mol. The summed E-state index contributed by atoms with van der Waals surface area (Å²) < 4.78 is 4.91. The van der Waals surface area contributed by atoms with Gasteiger partial charge in [0.15, 0.2) is 12.4 Å². The van der Waals surface area contributed by atoms with Crippen LogP contribution in [0.5, 0.6) is 0 Å². The van der Waals surface area contributed by atoms with Gasteiger partial charge in [-0.15, -0.1) is 0 Å². The number of hydrogen-bond acceptors (Lipinski definition) is 3. The van der Waals surface area contributed by atoms with Crippen molar-refractivity contribution in [3.63, 3.8) is 0 Å². The normalized spacial score (nSPS) is 9.76. The quantitative estimate of drug-likeness (QED) is 0.736. The highest BCUT2D eigenvalue weighted by atomic mass is 16.6. The van der Waals surface area contributed by atoms with Crippen molar-refractivity contribution >= 4 is 11.9 Å². The minimum atomic E-state index is -0.462. The number of Topliss-reactive ketones (excluding diaryl/α,β-unsaturated/α-hetero) is 1. The summed E-state index contributed by atoms with van der Waals surface area (Å²) in [6.07, 6.45) is 0.397. The van der Waals surface area contributed by atoms with E-state index in [0.717, 1.165) is 6.42 Å². The fourth-order valence-corrected chi connectivity index (χ4v) is 1.37. The zero-order valence-electron chi connectivity index (χ0n) is 10.2. The molecule has 4 nitrogen and oxygen atoms in total. The van der Waals surface area contributed by atoms with E-state index >= 15 is 0 Å². The van der Waals surface area contributed by atoms with Crippen molar-refractivity contribution in [1.29, 1.82) is 0 Å². The van der Waals surface area contributed by atoms with Crippen LogP contribution in [0.2, 0.25) is 0 Å². The molecule has 4 heteroatoms. The minimum Gasteiger partial charge on any atom is -0.441 e. The number of nitrogens with zero attached hydrogens (tertiary/aromatic N) is 1. The van der Waals surface area contributed by atoms with Gasteiger partial charge in [0.25, 0.3) is 0 Å². The Morgan fingerprint density at radius 2 is 1.88 bits per heavy atom. The van der Waals surface area contributed by atoms with Crippen molar-refractivity contribution in [2.45, 2.75) is 13.3 Å². The Bertz CT molecular complexity index is 376. The first-order valence-corrected chi connectivity index (χ1v) is 5.61. The molecule has 0 unspecified atom stereocenters. The molecule has 1 amide bonds. The van der Waals surface area contributed by atoms with E-state index in [-0.39, 0.29) is 12.4 Å². The number of benzene rings is 1. The largest absolute Gasteiger partial charge is 0.441 e. The third kappa shape index (κ3) is 4.26. The van der Waals surface area contributed by atoms with Crippen LogP contribution in [0.4, 0.5) is 4.79 Å². The van der Waals surface area contributed by atoms with Gasteiger partial charge in [-0.25, -0.2) is 4.79 Å². The summed E-state index contributed by atoms with van der Waals surface area (Å²) in [7, 11) is 1.65. The summed E-state index contributed by atoms with van der Waals surface area (Å²) in [6, 6.07) is 8.78. The maximum absolute atomic E-state index is 11.6. The smallest absolute Gasteiger partial charge is 0.409 e. The van der Waals surface area contributed by atoms with Crippen LogP contribution >= 0.6 is 0 Å². The van der Waals surface area contributed by atoms with E-state index in [9.17, 15) is 9.59 Å². The van der Waals surface area contributed by atoms with Gasteiger partial charge in [0, 0.05) is 19.2 Å². The van der Waals surface area contributed by atoms with Crippen molar-refractivity contribution in [3.05, 3.63) is 35.9 Å². The van der Waals surface area contributed by atoms with Crippen molar-refractivity contribution in [2.75, 3.05) is 20.2 Å². The van der Waals surface area contributed by atoms with Gasteiger partial charge in [-0.05, 0) is 6.42 Å². The molecule has 0 bridgehead atoms. The molecule has 0 saturated heterocycles. The predicted octanol–water partition coefficient (Wildman–Crippen LogP) is 2.35. The van der Waals surface area contributed by atoms with Crippen molar-refractivity contribution in [1.82, 2.24) is 4.90 Å². The topological polar surface area (TPSA) is 46.6 Å². The molecule has 0 aromatic heterocycles. The van der Waals surface area contributed by atoms with Crippen LogP contribution < -0.4 is 0 Å². The summed E-state index contributed by atoms with van der Waals surface area (Å²) in [5, 5.41) is 0. The Hall–Kier alpha value is -1.84. The van der Waals surface area contributed by atoms with Gasteiger partial charge in [-0.2, -0.15) is 0 Å². The number of rotatable bonds is 5. The molecule has 92 valence electrons. The number of carbonyl (C=O) groups excluding carboxylic acids is 2. The van der Waals surface area contributed by atoms with Crippen LogP contribution in [-0.4, -0.2) is 37.0 Å². The maximum atomic E-state index is 11.6. The molecule has 0 aliphatic heterocycles. The SMILES string of the molecule is CCCN(C)C(=O)OCC(=O)c1ccccc1. The van der Waals surface area contributed by atoms with E-state index in [0.29, 0.717) is 12.1 Å². The van der Waals surface area contributed by atoms with Gasteiger partial charge in [0.2, 0.25) is 0 Å². The lowest BCUT2D eigenvalue weighted by molar-refractivity contribution is 0.0776. The van der Waals surface area contributed by atoms with Crippen molar-refractivity contribution < 1.29 is 14.3 Å². The fourth-order valence-electron chi connectivity index (χ4n) is 1.37. The second-order valence-corrected chi connectivity index (χ2v) is 3.77. The summed E-state index contributed by atoms with van der Waals surface area (Å²) in [6.45, 7) is 2.38. The second-order valence-electron chi connectivity index (χ2n) is 3.77. The Kier molecular flexibility index (Phi) is 5.20.